The van der Waals surface area contributed by atoms with Gasteiger partial charge in [0.05, 0.1) is 12.1 Å². The van der Waals surface area contributed by atoms with Gasteiger partial charge in [-0.05, 0) is 17.2 Å². The van der Waals surface area contributed by atoms with Crippen molar-refractivity contribution in [3.63, 3.8) is 0 Å². The highest BCUT2D eigenvalue weighted by atomic mass is 16.3. The van der Waals surface area contributed by atoms with Crippen molar-refractivity contribution in [3.8, 4) is 5.75 Å². The third kappa shape index (κ3) is 2.92. The van der Waals surface area contributed by atoms with Crippen LogP contribution in [0.2, 0.25) is 0 Å². The molecule has 0 aliphatic carbocycles. The summed E-state index contributed by atoms with van der Waals surface area (Å²) in [5, 5.41) is 23.4. The van der Waals surface area contributed by atoms with Crippen LogP contribution >= 0.6 is 0 Å². The Hall–Kier alpha value is -2.62. The Bertz CT molecular complexity index is 733. The van der Waals surface area contributed by atoms with Gasteiger partial charge in [0.2, 0.25) is 0 Å². The standard InChI is InChI=1S/C21H21NO2/c23-16-15-22-21(17-9-3-1-4-10-17,18-11-5-2-6-12-18)19-13-7-8-14-20(19)24/h1-14,22-24H,15-16H2. The van der Waals surface area contributed by atoms with Crippen LogP contribution in [0.5, 0.6) is 5.75 Å². The molecule has 0 aliphatic rings. The van der Waals surface area contributed by atoms with E-state index in [0.29, 0.717) is 6.54 Å². The maximum atomic E-state index is 10.6. The second kappa shape index (κ2) is 7.30. The molecule has 3 aromatic carbocycles. The molecule has 3 N–H and O–H groups in total. The van der Waals surface area contributed by atoms with Crippen molar-refractivity contribution < 1.29 is 10.2 Å². The molecule has 3 rings (SSSR count). The third-order valence-corrected chi connectivity index (χ3v) is 4.22. The third-order valence-electron chi connectivity index (χ3n) is 4.22. The van der Waals surface area contributed by atoms with Gasteiger partial charge in [0.15, 0.2) is 0 Å². The molecule has 0 saturated carbocycles. The summed E-state index contributed by atoms with van der Waals surface area (Å²) in [6.07, 6.45) is 0. The van der Waals surface area contributed by atoms with E-state index in [2.05, 4.69) is 5.32 Å². The quantitative estimate of drug-likeness (QED) is 0.611. The maximum Gasteiger partial charge on any atom is 0.121 e. The summed E-state index contributed by atoms with van der Waals surface area (Å²) in [6.45, 7) is 0.410. The molecule has 0 spiro atoms. The minimum atomic E-state index is -0.739. The van der Waals surface area contributed by atoms with Gasteiger partial charge in [0.25, 0.3) is 0 Å². The Kier molecular flexibility index (Phi) is 4.94. The molecule has 0 saturated heterocycles. The van der Waals surface area contributed by atoms with Crippen molar-refractivity contribution in [3.05, 3.63) is 102 Å². The number of aliphatic hydroxyl groups excluding tert-OH is 1. The van der Waals surface area contributed by atoms with E-state index in [1.165, 1.54) is 0 Å². The molecule has 0 aliphatic heterocycles. The largest absolute Gasteiger partial charge is 0.508 e. The van der Waals surface area contributed by atoms with Crippen LogP contribution in [0.4, 0.5) is 0 Å². The predicted molar refractivity (Wildman–Crippen MR) is 96.0 cm³/mol. The number of hydrogen-bond acceptors (Lipinski definition) is 3. The molecule has 0 amide bonds. The average Bonchev–Trinajstić information content (AvgIpc) is 2.65. The number of rotatable bonds is 6. The van der Waals surface area contributed by atoms with E-state index < -0.39 is 5.54 Å². The number of aliphatic hydroxyl groups is 1. The topological polar surface area (TPSA) is 52.5 Å². The fourth-order valence-corrected chi connectivity index (χ4v) is 3.19. The van der Waals surface area contributed by atoms with Gasteiger partial charge >= 0.3 is 0 Å². The van der Waals surface area contributed by atoms with Crippen LogP contribution in [0.1, 0.15) is 16.7 Å². The zero-order valence-electron chi connectivity index (χ0n) is 13.4. The lowest BCUT2D eigenvalue weighted by Crippen LogP contribution is -2.45. The fraction of sp³-hybridized carbons (Fsp3) is 0.143. The lowest BCUT2D eigenvalue weighted by Gasteiger charge is -2.37. The summed E-state index contributed by atoms with van der Waals surface area (Å²) in [7, 11) is 0. The molecule has 0 fully saturated rings. The Morgan fingerprint density at radius 3 is 1.71 bits per heavy atom. The van der Waals surface area contributed by atoms with Crippen molar-refractivity contribution in [1.82, 2.24) is 5.32 Å². The highest BCUT2D eigenvalue weighted by molar-refractivity contribution is 5.54. The Balaban J connectivity index is 2.31. The summed E-state index contributed by atoms with van der Waals surface area (Å²) >= 11 is 0. The van der Waals surface area contributed by atoms with E-state index in [1.54, 1.807) is 6.07 Å². The zero-order chi connectivity index (χ0) is 16.8. The molecule has 24 heavy (non-hydrogen) atoms. The summed E-state index contributed by atoms with van der Waals surface area (Å²) in [5.74, 6) is 0.218. The van der Waals surface area contributed by atoms with Gasteiger partial charge in [0.1, 0.15) is 5.75 Å². The number of benzene rings is 3. The SMILES string of the molecule is OCCNC(c1ccccc1)(c1ccccc1)c1ccccc1O. The monoisotopic (exact) mass is 319 g/mol. The Morgan fingerprint density at radius 2 is 1.21 bits per heavy atom. The minimum Gasteiger partial charge on any atom is -0.508 e. The van der Waals surface area contributed by atoms with Gasteiger partial charge in [-0.3, -0.25) is 5.32 Å². The van der Waals surface area contributed by atoms with Crippen molar-refractivity contribution in [2.24, 2.45) is 0 Å². The zero-order valence-corrected chi connectivity index (χ0v) is 13.4. The lowest BCUT2D eigenvalue weighted by atomic mass is 9.76. The molecule has 0 unspecified atom stereocenters. The average molecular weight is 319 g/mol. The first-order valence-corrected chi connectivity index (χ1v) is 8.04. The first-order chi connectivity index (χ1) is 11.8. The fourth-order valence-electron chi connectivity index (χ4n) is 3.19. The van der Waals surface area contributed by atoms with Gasteiger partial charge in [0, 0.05) is 12.1 Å². The van der Waals surface area contributed by atoms with Gasteiger partial charge in [-0.25, -0.2) is 0 Å². The van der Waals surface area contributed by atoms with Crippen LogP contribution in [-0.4, -0.2) is 23.4 Å². The number of aromatic hydroxyl groups is 1. The number of nitrogens with one attached hydrogen (secondary N) is 1. The highest BCUT2D eigenvalue weighted by Crippen LogP contribution is 2.40. The highest BCUT2D eigenvalue weighted by Gasteiger charge is 2.37. The van der Waals surface area contributed by atoms with Crippen LogP contribution < -0.4 is 5.32 Å². The molecular formula is C21H21NO2. The minimum absolute atomic E-state index is 0.00894. The van der Waals surface area contributed by atoms with Crippen LogP contribution in [0.3, 0.4) is 0 Å². The number of phenolic OH excluding ortho intramolecular Hbond substituents is 1. The van der Waals surface area contributed by atoms with E-state index >= 15 is 0 Å². The molecule has 0 atom stereocenters. The van der Waals surface area contributed by atoms with E-state index in [9.17, 15) is 10.2 Å². The normalized spacial score (nSPS) is 11.4. The van der Waals surface area contributed by atoms with Crippen molar-refractivity contribution in [1.29, 1.82) is 0 Å². The molecule has 0 heterocycles. The summed E-state index contributed by atoms with van der Waals surface area (Å²) in [4.78, 5) is 0. The number of para-hydroxylation sites is 1. The number of phenols is 1. The van der Waals surface area contributed by atoms with E-state index in [4.69, 9.17) is 0 Å². The van der Waals surface area contributed by atoms with Crippen molar-refractivity contribution in [2.75, 3.05) is 13.2 Å². The molecule has 0 aromatic heterocycles. The van der Waals surface area contributed by atoms with Crippen molar-refractivity contribution >= 4 is 0 Å². The first kappa shape index (κ1) is 16.2. The van der Waals surface area contributed by atoms with Gasteiger partial charge in [-0.15, -0.1) is 0 Å². The first-order valence-electron chi connectivity index (χ1n) is 8.04. The second-order valence-corrected chi connectivity index (χ2v) is 5.65. The lowest BCUT2D eigenvalue weighted by molar-refractivity contribution is 0.276. The van der Waals surface area contributed by atoms with Gasteiger partial charge in [-0.1, -0.05) is 78.9 Å². The molecule has 3 nitrogen and oxygen atoms in total. The molecule has 3 aromatic rings. The van der Waals surface area contributed by atoms with E-state index in [1.807, 2.05) is 78.9 Å². The summed E-state index contributed by atoms with van der Waals surface area (Å²) < 4.78 is 0. The van der Waals surface area contributed by atoms with Gasteiger partial charge < -0.3 is 10.2 Å². The van der Waals surface area contributed by atoms with Crippen molar-refractivity contribution in [2.45, 2.75) is 5.54 Å². The van der Waals surface area contributed by atoms with Crippen LogP contribution in [-0.2, 0) is 5.54 Å². The molecule has 3 heteroatoms. The van der Waals surface area contributed by atoms with E-state index in [-0.39, 0.29) is 12.4 Å². The van der Waals surface area contributed by atoms with Crippen LogP contribution in [0.15, 0.2) is 84.9 Å². The number of hydrogen-bond donors (Lipinski definition) is 3. The smallest absolute Gasteiger partial charge is 0.121 e. The Labute approximate surface area is 142 Å². The summed E-state index contributed by atoms with van der Waals surface area (Å²) in [5.41, 5.74) is 2.03. The molecule has 0 bridgehead atoms. The summed E-state index contributed by atoms with van der Waals surface area (Å²) in [6, 6.07) is 27.3. The predicted octanol–water partition coefficient (Wildman–Crippen LogP) is 3.27. The molecule has 122 valence electrons. The Morgan fingerprint density at radius 1 is 0.708 bits per heavy atom. The van der Waals surface area contributed by atoms with Crippen LogP contribution in [0.25, 0.3) is 0 Å². The van der Waals surface area contributed by atoms with E-state index in [0.717, 1.165) is 16.7 Å². The van der Waals surface area contributed by atoms with Gasteiger partial charge in [-0.2, -0.15) is 0 Å². The maximum absolute atomic E-state index is 10.6. The van der Waals surface area contributed by atoms with Crippen LogP contribution in [0, 0.1) is 0 Å². The second-order valence-electron chi connectivity index (χ2n) is 5.65. The molecule has 0 radical (unpaired) electrons. The molecular weight excluding hydrogens is 298 g/mol.